The highest BCUT2D eigenvalue weighted by Crippen LogP contribution is 2.32. The Labute approximate surface area is 123 Å². The summed E-state index contributed by atoms with van der Waals surface area (Å²) in [5, 5.41) is 8.62. The largest absolute Gasteiger partial charge is 0.495 e. The van der Waals surface area contributed by atoms with Gasteiger partial charge in [0.15, 0.2) is 0 Å². The van der Waals surface area contributed by atoms with Gasteiger partial charge in [-0.3, -0.25) is 0 Å². The number of aliphatic carboxylic acids is 1. The topological polar surface area (TPSA) is 92.7 Å². The quantitative estimate of drug-likeness (QED) is 0.776. The van der Waals surface area contributed by atoms with Crippen molar-refractivity contribution in [3.63, 3.8) is 0 Å². The minimum atomic E-state index is -3.69. The van der Waals surface area contributed by atoms with Gasteiger partial charge in [0, 0.05) is 12.1 Å². The van der Waals surface area contributed by atoms with Gasteiger partial charge in [-0.1, -0.05) is 13.0 Å². The van der Waals surface area contributed by atoms with Gasteiger partial charge in [0.25, 0.3) is 0 Å². The molecule has 0 bridgehead atoms. The third-order valence-corrected chi connectivity index (χ3v) is 4.82. The molecule has 0 amide bonds. The van der Waals surface area contributed by atoms with E-state index >= 15 is 0 Å². The van der Waals surface area contributed by atoms with Gasteiger partial charge in [-0.2, -0.15) is 0 Å². The Morgan fingerprint density at radius 3 is 2.67 bits per heavy atom. The van der Waals surface area contributed by atoms with Crippen LogP contribution in [0.5, 0.6) is 5.75 Å². The number of carboxylic acid groups (broad SMARTS) is 1. The lowest BCUT2D eigenvalue weighted by atomic mass is 10.2. The second-order valence-electron chi connectivity index (χ2n) is 5.02. The minimum absolute atomic E-state index is 0.0108. The van der Waals surface area contributed by atoms with E-state index in [0.717, 1.165) is 12.5 Å². The first-order valence-electron chi connectivity index (χ1n) is 6.45. The third-order valence-electron chi connectivity index (χ3n) is 3.31. The molecule has 114 valence electrons. The molecule has 0 heterocycles. The van der Waals surface area contributed by atoms with Gasteiger partial charge < -0.3 is 9.84 Å². The van der Waals surface area contributed by atoms with Crippen LogP contribution in [0.1, 0.15) is 18.9 Å². The van der Waals surface area contributed by atoms with Crippen molar-refractivity contribution in [2.75, 3.05) is 7.11 Å². The Bertz CT molecular complexity index is 681. The van der Waals surface area contributed by atoms with E-state index in [-0.39, 0.29) is 16.7 Å². The molecule has 1 aliphatic carbocycles. The molecule has 0 saturated heterocycles. The average molecular weight is 311 g/mol. The second kappa shape index (κ2) is 5.87. The third kappa shape index (κ3) is 3.83. The van der Waals surface area contributed by atoms with Gasteiger partial charge in [-0.05, 0) is 36.1 Å². The van der Waals surface area contributed by atoms with Crippen LogP contribution in [-0.4, -0.2) is 32.6 Å². The Kier molecular flexibility index (Phi) is 4.34. The number of ether oxygens (including phenoxy) is 1. The van der Waals surface area contributed by atoms with Gasteiger partial charge in [-0.15, -0.1) is 0 Å². The smallest absolute Gasteiger partial charge is 0.328 e. The predicted octanol–water partition coefficient (Wildman–Crippen LogP) is 1.48. The number of carbonyl (C=O) groups is 1. The number of rotatable bonds is 6. The van der Waals surface area contributed by atoms with E-state index < -0.39 is 16.0 Å². The number of nitrogens with one attached hydrogen (secondary N) is 1. The van der Waals surface area contributed by atoms with E-state index in [1.165, 1.54) is 25.3 Å². The van der Waals surface area contributed by atoms with Crippen molar-refractivity contribution >= 4 is 22.1 Å². The molecule has 2 N–H and O–H groups in total. The number of carboxylic acids is 1. The van der Waals surface area contributed by atoms with E-state index in [4.69, 9.17) is 9.84 Å². The van der Waals surface area contributed by atoms with Crippen LogP contribution in [0.2, 0.25) is 0 Å². The van der Waals surface area contributed by atoms with Gasteiger partial charge in [0.1, 0.15) is 10.6 Å². The lowest BCUT2D eigenvalue weighted by Gasteiger charge is -2.11. The molecule has 1 aromatic carbocycles. The van der Waals surface area contributed by atoms with Crippen LogP contribution in [0.15, 0.2) is 29.2 Å². The standard InChI is InChI=1S/C14H17NO5S/c1-9-7-11(9)15-21(18,19)13-8-10(4-6-14(16)17)3-5-12(13)20-2/h3-6,8-9,11,15H,7H2,1-2H3,(H,16,17). The summed E-state index contributed by atoms with van der Waals surface area (Å²) < 4.78 is 32.4. The maximum Gasteiger partial charge on any atom is 0.328 e. The number of methoxy groups -OCH3 is 1. The Balaban J connectivity index is 2.35. The summed E-state index contributed by atoms with van der Waals surface area (Å²) in [5.74, 6) is -0.538. The zero-order valence-corrected chi connectivity index (χ0v) is 12.6. The molecule has 0 aromatic heterocycles. The number of hydrogen-bond donors (Lipinski definition) is 2. The fraction of sp³-hybridized carbons (Fsp3) is 0.357. The summed E-state index contributed by atoms with van der Waals surface area (Å²) in [7, 11) is -2.30. The monoisotopic (exact) mass is 311 g/mol. The normalized spacial score (nSPS) is 21.4. The summed E-state index contributed by atoms with van der Waals surface area (Å²) in [6.07, 6.45) is 3.11. The molecule has 7 heteroatoms. The molecule has 21 heavy (non-hydrogen) atoms. The summed E-state index contributed by atoms with van der Waals surface area (Å²) in [6.45, 7) is 1.97. The second-order valence-corrected chi connectivity index (χ2v) is 6.71. The van der Waals surface area contributed by atoms with Gasteiger partial charge in [-0.25, -0.2) is 17.9 Å². The summed E-state index contributed by atoms with van der Waals surface area (Å²) in [5.41, 5.74) is 0.474. The van der Waals surface area contributed by atoms with E-state index in [1.54, 1.807) is 6.07 Å². The van der Waals surface area contributed by atoms with Crippen LogP contribution >= 0.6 is 0 Å². The SMILES string of the molecule is COc1ccc(C=CC(=O)O)cc1S(=O)(=O)NC1CC1C. The van der Waals surface area contributed by atoms with Crippen molar-refractivity contribution < 1.29 is 23.1 Å². The number of benzene rings is 1. The molecule has 0 spiro atoms. The Morgan fingerprint density at radius 2 is 2.14 bits per heavy atom. The summed E-state index contributed by atoms with van der Waals surface area (Å²) in [4.78, 5) is 10.5. The first-order valence-corrected chi connectivity index (χ1v) is 7.93. The molecule has 0 aliphatic heterocycles. The van der Waals surface area contributed by atoms with Crippen LogP contribution in [0, 0.1) is 5.92 Å². The first kappa shape index (κ1) is 15.5. The molecule has 0 radical (unpaired) electrons. The molecule has 2 unspecified atom stereocenters. The molecule has 2 atom stereocenters. The predicted molar refractivity (Wildman–Crippen MR) is 77.6 cm³/mol. The molecule has 1 aliphatic rings. The van der Waals surface area contributed by atoms with Crippen molar-refractivity contribution in [1.29, 1.82) is 0 Å². The fourth-order valence-electron chi connectivity index (χ4n) is 1.92. The van der Waals surface area contributed by atoms with E-state index in [2.05, 4.69) is 4.72 Å². The molecule has 1 saturated carbocycles. The first-order chi connectivity index (χ1) is 9.83. The number of hydrogen-bond acceptors (Lipinski definition) is 4. The van der Waals surface area contributed by atoms with Crippen molar-refractivity contribution in [2.45, 2.75) is 24.3 Å². The fourth-order valence-corrected chi connectivity index (χ4v) is 3.49. The van der Waals surface area contributed by atoms with Crippen LogP contribution in [-0.2, 0) is 14.8 Å². The highest BCUT2D eigenvalue weighted by molar-refractivity contribution is 7.89. The van der Waals surface area contributed by atoms with Crippen molar-refractivity contribution in [3.8, 4) is 5.75 Å². The van der Waals surface area contributed by atoms with E-state index in [0.29, 0.717) is 11.5 Å². The van der Waals surface area contributed by atoms with Crippen LogP contribution in [0.25, 0.3) is 6.08 Å². The van der Waals surface area contributed by atoms with Gasteiger partial charge in [0.2, 0.25) is 10.0 Å². The molecule has 1 fully saturated rings. The van der Waals surface area contributed by atoms with Gasteiger partial charge >= 0.3 is 5.97 Å². The highest BCUT2D eigenvalue weighted by atomic mass is 32.2. The molecule has 6 nitrogen and oxygen atoms in total. The molecular formula is C14H17NO5S. The van der Waals surface area contributed by atoms with E-state index in [1.807, 2.05) is 6.92 Å². The van der Waals surface area contributed by atoms with Crippen LogP contribution in [0.3, 0.4) is 0 Å². The van der Waals surface area contributed by atoms with E-state index in [9.17, 15) is 13.2 Å². The zero-order chi connectivity index (χ0) is 15.6. The van der Waals surface area contributed by atoms with Crippen molar-refractivity contribution in [1.82, 2.24) is 4.72 Å². The number of sulfonamides is 1. The average Bonchev–Trinajstić information content (AvgIpc) is 3.10. The zero-order valence-electron chi connectivity index (χ0n) is 11.7. The maximum atomic E-state index is 12.4. The molecule has 2 rings (SSSR count). The Morgan fingerprint density at radius 1 is 1.48 bits per heavy atom. The lowest BCUT2D eigenvalue weighted by molar-refractivity contribution is -0.131. The summed E-state index contributed by atoms with van der Waals surface area (Å²) >= 11 is 0. The van der Waals surface area contributed by atoms with Crippen LogP contribution in [0.4, 0.5) is 0 Å². The highest BCUT2D eigenvalue weighted by Gasteiger charge is 2.37. The maximum absolute atomic E-state index is 12.4. The summed E-state index contributed by atoms with van der Waals surface area (Å²) in [6, 6.07) is 4.45. The van der Waals surface area contributed by atoms with Crippen LogP contribution < -0.4 is 9.46 Å². The van der Waals surface area contributed by atoms with Crippen molar-refractivity contribution in [2.24, 2.45) is 5.92 Å². The molecule has 1 aromatic rings. The minimum Gasteiger partial charge on any atom is -0.495 e. The lowest BCUT2D eigenvalue weighted by Crippen LogP contribution is -2.27. The Hall–Kier alpha value is -1.86. The molecular weight excluding hydrogens is 294 g/mol. The van der Waals surface area contributed by atoms with Gasteiger partial charge in [0.05, 0.1) is 7.11 Å². The van der Waals surface area contributed by atoms with Crippen molar-refractivity contribution in [3.05, 3.63) is 29.8 Å².